The van der Waals surface area contributed by atoms with Crippen molar-refractivity contribution in [3.05, 3.63) is 33.6 Å². The van der Waals surface area contributed by atoms with Gasteiger partial charge in [-0.15, -0.1) is 0 Å². The number of ether oxygens (including phenoxy) is 1. The molecular weight excluding hydrogens is 538 g/mol. The van der Waals surface area contributed by atoms with Crippen LogP contribution in [0.5, 0.6) is 0 Å². The summed E-state index contributed by atoms with van der Waals surface area (Å²) in [5.41, 5.74) is 2.56. The molecule has 15 heteroatoms. The van der Waals surface area contributed by atoms with Gasteiger partial charge < -0.3 is 15.0 Å². The Kier molecular flexibility index (Phi) is 6.99. The number of nitrogens with one attached hydrogen (secondary N) is 3. The summed E-state index contributed by atoms with van der Waals surface area (Å²) in [6.45, 7) is -0.241. The molecule has 4 amide bonds. The van der Waals surface area contributed by atoms with Gasteiger partial charge >= 0.3 is 12.3 Å². The van der Waals surface area contributed by atoms with Crippen molar-refractivity contribution < 1.29 is 41.5 Å². The number of hydrazine groups is 1. The monoisotopic (exact) mass is 561 g/mol. The summed E-state index contributed by atoms with van der Waals surface area (Å²) >= 11 is 6.29. The third kappa shape index (κ3) is 4.92. The van der Waals surface area contributed by atoms with Crippen LogP contribution in [0.15, 0.2) is 6.07 Å². The van der Waals surface area contributed by atoms with Crippen LogP contribution >= 0.6 is 11.6 Å². The minimum Gasteiger partial charge on any atom is -0.446 e. The van der Waals surface area contributed by atoms with Crippen LogP contribution in [0.1, 0.15) is 53.6 Å². The number of hydrogen-bond donors (Lipinski definition) is 3. The van der Waals surface area contributed by atoms with E-state index in [2.05, 4.69) is 16.1 Å². The first-order valence-corrected chi connectivity index (χ1v) is 12.5. The largest absolute Gasteiger partial charge is 0.446 e. The van der Waals surface area contributed by atoms with E-state index in [1.54, 1.807) is 0 Å². The molecule has 1 saturated carbocycles. The predicted octanol–water partition coefficient (Wildman–Crippen LogP) is 2.14. The van der Waals surface area contributed by atoms with Gasteiger partial charge in [0.25, 0.3) is 5.91 Å². The van der Waals surface area contributed by atoms with Gasteiger partial charge in [-0.2, -0.15) is 13.2 Å². The maximum absolute atomic E-state index is 15.3. The summed E-state index contributed by atoms with van der Waals surface area (Å²) in [6, 6.07) is -1.67. The highest BCUT2D eigenvalue weighted by atomic mass is 35.5. The number of hydrogen-bond acceptors (Lipinski definition) is 7. The molecule has 2 unspecified atom stereocenters. The summed E-state index contributed by atoms with van der Waals surface area (Å²) in [6.07, 6.45) is -5.29. The fraction of sp³-hybridized carbons (Fsp3) is 0.565. The Morgan fingerprint density at radius 1 is 1.21 bits per heavy atom. The first-order chi connectivity index (χ1) is 17.9. The molecule has 1 aromatic carbocycles. The average molecular weight is 562 g/mol. The van der Waals surface area contributed by atoms with Crippen LogP contribution in [0.4, 0.5) is 22.4 Å². The Balaban J connectivity index is 1.16. The molecule has 0 radical (unpaired) electrons. The zero-order valence-corrected chi connectivity index (χ0v) is 20.6. The third-order valence-corrected chi connectivity index (χ3v) is 7.71. The van der Waals surface area contributed by atoms with Crippen molar-refractivity contribution in [3.8, 4) is 0 Å². The van der Waals surface area contributed by atoms with E-state index in [1.807, 2.05) is 0 Å². The smallest absolute Gasteiger partial charge is 0.407 e. The number of rotatable bonds is 5. The van der Waals surface area contributed by atoms with Crippen LogP contribution in [0.3, 0.4) is 0 Å². The summed E-state index contributed by atoms with van der Waals surface area (Å²) < 4.78 is 60.0. The van der Waals surface area contributed by atoms with E-state index in [-0.39, 0.29) is 73.5 Å². The van der Waals surface area contributed by atoms with E-state index < -0.39 is 60.0 Å². The lowest BCUT2D eigenvalue weighted by molar-refractivity contribution is -0.195. The summed E-state index contributed by atoms with van der Waals surface area (Å²) in [5.74, 6) is -2.73. The van der Waals surface area contributed by atoms with Gasteiger partial charge in [0.1, 0.15) is 24.0 Å². The van der Waals surface area contributed by atoms with Gasteiger partial charge in [0.05, 0.1) is 5.56 Å². The Morgan fingerprint density at radius 2 is 1.95 bits per heavy atom. The summed E-state index contributed by atoms with van der Waals surface area (Å²) in [4.78, 5) is 50.0. The highest BCUT2D eigenvalue weighted by Crippen LogP contribution is 2.37. The number of alkyl carbamates (subject to hydrolysis) is 1. The average Bonchev–Trinajstić information content (AvgIpc) is 3.43. The number of alkyl halides is 3. The molecule has 3 aliphatic heterocycles. The second-order valence-electron chi connectivity index (χ2n) is 9.75. The molecule has 206 valence electrons. The van der Waals surface area contributed by atoms with Crippen molar-refractivity contribution in [2.75, 3.05) is 6.54 Å². The Labute approximate surface area is 218 Å². The lowest BCUT2D eigenvalue weighted by Gasteiger charge is -2.42. The molecule has 0 spiro atoms. The molecule has 1 aliphatic carbocycles. The molecule has 0 aromatic heterocycles. The molecular formula is C23H24ClF4N5O5. The van der Waals surface area contributed by atoms with E-state index >= 15 is 4.39 Å². The fourth-order valence-corrected chi connectivity index (χ4v) is 5.63. The molecule has 2 atom stereocenters. The summed E-state index contributed by atoms with van der Waals surface area (Å²) in [5, 5.41) is 5.80. The van der Waals surface area contributed by atoms with E-state index in [4.69, 9.17) is 16.3 Å². The Bertz CT molecular complexity index is 1190. The van der Waals surface area contributed by atoms with Crippen LogP contribution in [0.2, 0.25) is 5.02 Å². The van der Waals surface area contributed by atoms with E-state index in [0.29, 0.717) is 0 Å². The number of carbonyl (C=O) groups is 4. The number of carbonyl (C=O) groups excluding carboxylic acids is 4. The predicted molar refractivity (Wildman–Crippen MR) is 122 cm³/mol. The summed E-state index contributed by atoms with van der Waals surface area (Å²) in [7, 11) is 0. The number of halogens is 5. The van der Waals surface area contributed by atoms with Gasteiger partial charge in [0.15, 0.2) is 0 Å². The molecule has 5 rings (SSSR count). The fourth-order valence-electron chi connectivity index (χ4n) is 5.35. The molecule has 38 heavy (non-hydrogen) atoms. The van der Waals surface area contributed by atoms with Crippen molar-refractivity contribution in [3.63, 3.8) is 0 Å². The van der Waals surface area contributed by atoms with Crippen LogP contribution in [-0.2, 0) is 27.4 Å². The molecule has 3 fully saturated rings. The molecule has 1 aromatic rings. The van der Waals surface area contributed by atoms with Gasteiger partial charge in [0.2, 0.25) is 11.8 Å². The maximum atomic E-state index is 15.3. The van der Waals surface area contributed by atoms with Gasteiger partial charge in [-0.3, -0.25) is 25.1 Å². The van der Waals surface area contributed by atoms with Gasteiger partial charge in [-0.05, 0) is 18.9 Å². The second-order valence-corrected chi connectivity index (χ2v) is 10.2. The zero-order chi connectivity index (χ0) is 27.4. The SMILES string of the molecule is O=C1CCC(N2Cc3c(Cl)cc(CNC(=O)OC4CC(N5NCCC5C(F)(F)F)C4)c(F)c3C2=O)C(=O)N1. The highest BCUT2D eigenvalue weighted by molar-refractivity contribution is 6.32. The number of imide groups is 1. The normalized spacial score (nSPS) is 27.7. The van der Waals surface area contributed by atoms with Crippen molar-refractivity contribution in [2.24, 2.45) is 0 Å². The van der Waals surface area contributed by atoms with E-state index in [1.165, 1.54) is 16.0 Å². The molecule has 10 nitrogen and oxygen atoms in total. The number of amides is 4. The quantitative estimate of drug-likeness (QED) is 0.372. The first kappa shape index (κ1) is 26.6. The minimum atomic E-state index is -4.35. The standard InChI is InChI=1S/C23H24ClF4N5O5/c24-14-5-10(19(25)18-13(14)9-32(21(18)36)15-1-2-17(34)31-20(15)35)8-29-22(37)38-12-6-11(7-12)33-16(3-4-30-33)23(26,27)28/h5,11-12,15-16,30H,1-4,6-9H2,(H,29,37)(H,31,34,35). The van der Waals surface area contributed by atoms with E-state index in [9.17, 15) is 32.3 Å². The zero-order valence-electron chi connectivity index (χ0n) is 19.9. The highest BCUT2D eigenvalue weighted by Gasteiger charge is 2.51. The minimum absolute atomic E-state index is 0.0449. The molecule has 3 heterocycles. The van der Waals surface area contributed by atoms with Crippen LogP contribution in [0.25, 0.3) is 0 Å². The lowest BCUT2D eigenvalue weighted by atomic mass is 9.88. The number of nitrogens with zero attached hydrogens (tertiary/aromatic N) is 2. The number of piperidine rings is 1. The van der Waals surface area contributed by atoms with Crippen molar-refractivity contribution in [1.29, 1.82) is 0 Å². The van der Waals surface area contributed by atoms with Crippen molar-refractivity contribution in [1.82, 2.24) is 26.0 Å². The Hall–Kier alpha value is -2.97. The molecule has 4 aliphatic rings. The molecule has 3 N–H and O–H groups in total. The molecule has 0 bridgehead atoms. The van der Waals surface area contributed by atoms with Crippen molar-refractivity contribution in [2.45, 2.75) is 75.6 Å². The third-order valence-electron chi connectivity index (χ3n) is 7.37. The van der Waals surface area contributed by atoms with Gasteiger partial charge in [-0.25, -0.2) is 14.2 Å². The van der Waals surface area contributed by atoms with Crippen LogP contribution in [0, 0.1) is 5.82 Å². The van der Waals surface area contributed by atoms with Gasteiger partial charge in [0, 0.05) is 61.1 Å². The maximum Gasteiger partial charge on any atom is 0.407 e. The number of fused-ring (bicyclic) bond motifs is 1. The molecule has 2 saturated heterocycles. The van der Waals surface area contributed by atoms with Gasteiger partial charge in [-0.1, -0.05) is 11.6 Å². The van der Waals surface area contributed by atoms with E-state index in [0.717, 1.165) is 0 Å². The van der Waals surface area contributed by atoms with Crippen LogP contribution < -0.4 is 16.1 Å². The Morgan fingerprint density at radius 3 is 2.63 bits per heavy atom. The van der Waals surface area contributed by atoms with Crippen LogP contribution in [-0.4, -0.2) is 70.7 Å². The first-order valence-electron chi connectivity index (χ1n) is 12.1. The second kappa shape index (κ2) is 9.97. The lowest BCUT2D eigenvalue weighted by Crippen LogP contribution is -2.57. The topological polar surface area (TPSA) is 120 Å². The van der Waals surface area contributed by atoms with Crippen molar-refractivity contribution >= 4 is 35.4 Å². The number of benzene rings is 1.